The zero-order chi connectivity index (χ0) is 58.0. The number of phenols is 1. The molecule has 1 aromatic heterocycles. The number of amides is 8. The molecule has 1 saturated heterocycles. The second-order valence-corrected chi connectivity index (χ2v) is 22.5. The van der Waals surface area contributed by atoms with E-state index in [0.717, 1.165) is 48.8 Å². The van der Waals surface area contributed by atoms with Gasteiger partial charge in [-0.3, -0.25) is 38.4 Å². The molecule has 0 saturated carbocycles. The topological polar surface area (TPSA) is 355 Å². The maximum absolute atomic E-state index is 14.9. The number of carbonyl (C=O) groups is 8. The first-order chi connectivity index (χ1) is 39.0. The lowest BCUT2D eigenvalue weighted by molar-refractivity contribution is -0.136. The van der Waals surface area contributed by atoms with Crippen molar-refractivity contribution in [1.82, 2.24) is 42.2 Å². The van der Waals surface area contributed by atoms with E-state index in [1.54, 1.807) is 48.7 Å². The molecule has 0 bridgehead atoms. The van der Waals surface area contributed by atoms with Crippen molar-refractivity contribution in [1.29, 1.82) is 0 Å². The van der Waals surface area contributed by atoms with Crippen molar-refractivity contribution in [2.45, 2.75) is 106 Å². The van der Waals surface area contributed by atoms with Gasteiger partial charge in [-0.15, -0.1) is 0 Å². The molecular formula is C58H69N11O10S2. The van der Waals surface area contributed by atoms with E-state index in [1.165, 1.54) is 19.1 Å². The first-order valence-electron chi connectivity index (χ1n) is 26.6. The van der Waals surface area contributed by atoms with Crippen molar-refractivity contribution in [2.75, 3.05) is 18.1 Å². The summed E-state index contributed by atoms with van der Waals surface area (Å²) in [6.45, 7) is 1.50. The van der Waals surface area contributed by atoms with Crippen molar-refractivity contribution in [3.8, 4) is 5.75 Å². The number of aromatic nitrogens is 1. The van der Waals surface area contributed by atoms with Gasteiger partial charge in [0.05, 0.1) is 12.1 Å². The van der Waals surface area contributed by atoms with Gasteiger partial charge >= 0.3 is 0 Å². The molecule has 0 aliphatic carbocycles. The Bertz CT molecular complexity index is 3170. The first kappa shape index (κ1) is 60.7. The number of aliphatic hydroxyl groups is 1. The summed E-state index contributed by atoms with van der Waals surface area (Å²) in [5, 5.41) is 42.8. The summed E-state index contributed by atoms with van der Waals surface area (Å²) in [4.78, 5) is 118. The third-order valence-corrected chi connectivity index (χ3v) is 16.2. The summed E-state index contributed by atoms with van der Waals surface area (Å²) < 4.78 is 0. The molecule has 0 spiro atoms. The largest absolute Gasteiger partial charge is 0.508 e. The maximum Gasteiger partial charge on any atom is 0.245 e. The quantitative estimate of drug-likeness (QED) is 0.0428. The van der Waals surface area contributed by atoms with E-state index in [-0.39, 0.29) is 55.9 Å². The Labute approximate surface area is 476 Å². The summed E-state index contributed by atoms with van der Waals surface area (Å²) in [6.07, 6.45) is 0.695. The summed E-state index contributed by atoms with van der Waals surface area (Å²) in [7, 11) is 2.02. The molecule has 5 aromatic carbocycles. The molecular weight excluding hydrogens is 1070 g/mol. The SMILES string of the molecule is C[C@@H](O)[C@@H]1NC(=O)[C@H](CCCCN)NC(=O)C(Cc2c[nH]c3ccccc23)NC(=O)[C@H](Cc2ccc(O)cc2)NC(=O)C(NC(=O)[C@H](N)Cc2ccccc2)CSSCC(C(=O)N[C@@H](Cc2ccc3ccccc3c2)C(N)=O)NC1=O. The number of para-hydroxylation sites is 1. The van der Waals surface area contributed by atoms with Crippen LogP contribution in [0.2, 0.25) is 0 Å². The van der Waals surface area contributed by atoms with Crippen molar-refractivity contribution in [2.24, 2.45) is 17.2 Å². The molecule has 81 heavy (non-hydrogen) atoms. The molecule has 0 radical (unpaired) electrons. The van der Waals surface area contributed by atoms with Crippen molar-refractivity contribution >= 4 is 90.5 Å². The molecule has 1 fully saturated rings. The van der Waals surface area contributed by atoms with Gasteiger partial charge in [-0.1, -0.05) is 125 Å². The number of aliphatic hydroxyl groups excluding tert-OH is 1. The van der Waals surface area contributed by atoms with Crippen LogP contribution < -0.4 is 54.4 Å². The Morgan fingerprint density at radius 1 is 0.667 bits per heavy atom. The van der Waals surface area contributed by atoms with E-state index in [4.69, 9.17) is 17.2 Å². The number of carbonyl (C=O) groups excluding carboxylic acids is 8. The summed E-state index contributed by atoms with van der Waals surface area (Å²) in [5.74, 6) is -7.28. The highest BCUT2D eigenvalue weighted by Gasteiger charge is 2.37. The molecule has 7 rings (SSSR count). The second-order valence-electron chi connectivity index (χ2n) is 20.0. The van der Waals surface area contributed by atoms with Crippen LogP contribution in [-0.4, -0.2) is 135 Å². The number of H-pyrrole nitrogens is 1. The fourth-order valence-electron chi connectivity index (χ4n) is 9.24. The number of hydrogen-bond donors (Lipinski definition) is 13. The molecule has 9 atom stereocenters. The predicted octanol–water partition coefficient (Wildman–Crippen LogP) is 1.41. The van der Waals surface area contributed by atoms with Crippen LogP contribution in [0.4, 0.5) is 0 Å². The number of rotatable bonds is 18. The Hall–Kier alpha value is -7.96. The summed E-state index contributed by atoms with van der Waals surface area (Å²) in [5.41, 5.74) is 21.4. The number of primary amides is 1. The van der Waals surface area contributed by atoms with Gasteiger partial charge in [-0.2, -0.15) is 0 Å². The molecule has 428 valence electrons. The van der Waals surface area contributed by atoms with E-state index >= 15 is 0 Å². The lowest BCUT2D eigenvalue weighted by Gasteiger charge is -2.29. The van der Waals surface area contributed by atoms with Crippen molar-refractivity contribution < 1.29 is 48.6 Å². The highest BCUT2D eigenvalue weighted by Crippen LogP contribution is 2.25. The minimum absolute atomic E-state index is 0.00291. The van der Waals surface area contributed by atoms with Gasteiger partial charge in [-0.25, -0.2) is 0 Å². The Morgan fingerprint density at radius 3 is 2.01 bits per heavy atom. The Morgan fingerprint density at radius 2 is 1.30 bits per heavy atom. The van der Waals surface area contributed by atoms with Crippen molar-refractivity contribution in [3.63, 3.8) is 0 Å². The summed E-state index contributed by atoms with van der Waals surface area (Å²) in [6, 6.07) is 24.1. The number of fused-ring (bicyclic) bond motifs is 2. The molecule has 1 aliphatic heterocycles. The third-order valence-electron chi connectivity index (χ3n) is 13.8. The van der Waals surface area contributed by atoms with E-state index in [2.05, 4.69) is 42.2 Å². The summed E-state index contributed by atoms with van der Waals surface area (Å²) >= 11 is 0. The predicted molar refractivity (Wildman–Crippen MR) is 312 cm³/mol. The van der Waals surface area contributed by atoms with E-state index in [1.807, 2.05) is 66.7 Å². The zero-order valence-corrected chi connectivity index (χ0v) is 46.2. The van der Waals surface area contributed by atoms with Gasteiger partial charge in [-0.05, 0) is 90.4 Å². The first-order valence-corrected chi connectivity index (χ1v) is 29.1. The fraction of sp³-hybridized carbons (Fsp3) is 0.345. The average molecular weight is 1140 g/mol. The monoisotopic (exact) mass is 1140 g/mol. The van der Waals surface area contributed by atoms with E-state index in [0.29, 0.717) is 29.5 Å². The minimum Gasteiger partial charge on any atom is -0.508 e. The van der Waals surface area contributed by atoms with Crippen LogP contribution in [0.5, 0.6) is 5.75 Å². The molecule has 21 nitrogen and oxygen atoms in total. The molecule has 3 unspecified atom stereocenters. The van der Waals surface area contributed by atoms with Gasteiger partial charge in [0.15, 0.2) is 0 Å². The minimum atomic E-state index is -1.71. The third kappa shape index (κ3) is 17.5. The molecule has 16 N–H and O–H groups in total. The Kier molecular flexibility index (Phi) is 22.1. The molecule has 1 aliphatic rings. The number of hydrogen-bond acceptors (Lipinski definition) is 14. The van der Waals surface area contributed by atoms with Gasteiger partial charge < -0.3 is 69.6 Å². The fourth-order valence-corrected chi connectivity index (χ4v) is 11.6. The van der Waals surface area contributed by atoms with Gasteiger partial charge in [0.2, 0.25) is 47.3 Å². The van der Waals surface area contributed by atoms with Crippen molar-refractivity contribution in [3.05, 3.63) is 150 Å². The number of unbranched alkanes of at least 4 members (excludes halogenated alkanes) is 1. The molecule has 23 heteroatoms. The second kappa shape index (κ2) is 29.5. The van der Waals surface area contributed by atoms with Gasteiger partial charge in [0, 0.05) is 47.9 Å². The zero-order valence-electron chi connectivity index (χ0n) is 44.6. The highest BCUT2D eigenvalue weighted by molar-refractivity contribution is 8.76. The average Bonchev–Trinajstić information content (AvgIpc) is 3.86. The Balaban J connectivity index is 1.25. The highest BCUT2D eigenvalue weighted by atomic mass is 33.1. The van der Waals surface area contributed by atoms with Gasteiger partial charge in [0.1, 0.15) is 48.0 Å². The maximum atomic E-state index is 14.9. The van der Waals surface area contributed by atoms with Crippen LogP contribution in [-0.2, 0) is 64.0 Å². The number of aromatic amines is 1. The van der Waals surface area contributed by atoms with Gasteiger partial charge in [0.25, 0.3) is 0 Å². The van der Waals surface area contributed by atoms with E-state index in [9.17, 15) is 48.6 Å². The van der Waals surface area contributed by atoms with Crippen LogP contribution in [0.15, 0.2) is 128 Å². The number of benzene rings is 5. The normalized spacial score (nSPS) is 21.0. The molecule has 8 amide bonds. The van der Waals surface area contributed by atoms with Crippen LogP contribution in [0.3, 0.4) is 0 Å². The number of phenolic OH excluding ortho intramolecular Hbond substituents is 1. The molecule has 2 heterocycles. The smallest absolute Gasteiger partial charge is 0.245 e. The van der Waals surface area contributed by atoms with Crippen LogP contribution in [0.1, 0.15) is 48.4 Å². The lowest BCUT2D eigenvalue weighted by Crippen LogP contribution is -2.62. The van der Waals surface area contributed by atoms with Crippen LogP contribution >= 0.6 is 21.6 Å². The lowest BCUT2D eigenvalue weighted by atomic mass is 10.0. The number of nitrogens with two attached hydrogens (primary N) is 3. The van der Waals surface area contributed by atoms with Crippen LogP contribution in [0, 0.1) is 0 Å². The number of nitrogens with one attached hydrogen (secondary N) is 8. The standard InChI is InChI=1S/C58H69N11O10S2/c1-33(70)50-58(79)68-49(56(77)64-45(51(61)72)28-36-18-21-37-13-5-6-14-38(37)25-36)32-81-80-31-48(67-52(73)42(60)26-34-11-3-2-4-12-34)57(78)65-46(27-35-19-22-40(71)23-20-35)54(75)66-47(29-39-30-62-43-16-8-7-15-41(39)43)55(76)63-44(53(74)69-50)17-9-10-24-59/h2-8,11-16,18-23,25,30,33,42,44-50,62,70-71H,9-10,17,24,26-29,31-32,59-60H2,1H3,(H2,61,72)(H,63,76)(H,64,77)(H,65,78)(H,66,75)(H,67,73)(H,68,79)(H,69,74)/t33-,42-,44+,45+,46+,47?,48?,49?,50+/m1/s1. The van der Waals surface area contributed by atoms with Crippen LogP contribution in [0.25, 0.3) is 21.7 Å². The molecule has 6 aromatic rings. The number of aromatic hydroxyl groups is 1. The van der Waals surface area contributed by atoms with E-state index < -0.39 is 102 Å².